The second-order valence-electron chi connectivity index (χ2n) is 6.37. The Morgan fingerprint density at radius 2 is 1.79 bits per heavy atom. The molecule has 2 heterocycles. The largest absolute Gasteiger partial charge is 0.494 e. The van der Waals surface area contributed by atoms with Crippen molar-refractivity contribution in [1.29, 1.82) is 0 Å². The standard InChI is InChI=1S/C23H21N3OS/c1-2-6-18(7-3-1)8-5-15-27-21-12-10-20(11-13-21)25-23-26-22(17-28-23)19-9-4-14-24-16-19/h1-4,6-7,9-14,16-17H,5,8,15H2,(H,25,26). The fourth-order valence-corrected chi connectivity index (χ4v) is 3.59. The van der Waals surface area contributed by atoms with Gasteiger partial charge in [-0.05, 0) is 54.8 Å². The van der Waals surface area contributed by atoms with E-state index in [1.807, 2.05) is 54.0 Å². The maximum Gasteiger partial charge on any atom is 0.187 e. The summed E-state index contributed by atoms with van der Waals surface area (Å²) in [7, 11) is 0. The monoisotopic (exact) mass is 387 g/mol. The molecule has 28 heavy (non-hydrogen) atoms. The minimum atomic E-state index is 0.711. The van der Waals surface area contributed by atoms with Crippen LogP contribution < -0.4 is 10.1 Å². The molecule has 2 aromatic heterocycles. The second kappa shape index (κ2) is 9.15. The van der Waals surface area contributed by atoms with Gasteiger partial charge in [0.2, 0.25) is 0 Å². The van der Waals surface area contributed by atoms with Gasteiger partial charge in [0.25, 0.3) is 0 Å². The van der Waals surface area contributed by atoms with Gasteiger partial charge in [0, 0.05) is 29.0 Å². The zero-order valence-corrected chi connectivity index (χ0v) is 16.2. The number of hydrogen-bond donors (Lipinski definition) is 1. The molecular formula is C23H21N3OS. The molecule has 0 atom stereocenters. The van der Waals surface area contributed by atoms with Crippen molar-refractivity contribution >= 4 is 22.2 Å². The number of aryl methyl sites for hydroxylation is 1. The van der Waals surface area contributed by atoms with Crippen molar-refractivity contribution in [2.75, 3.05) is 11.9 Å². The predicted molar refractivity (Wildman–Crippen MR) is 115 cm³/mol. The summed E-state index contributed by atoms with van der Waals surface area (Å²) < 4.78 is 5.85. The lowest BCUT2D eigenvalue weighted by Crippen LogP contribution is -1.99. The molecule has 140 valence electrons. The maximum absolute atomic E-state index is 5.85. The first-order valence-corrected chi connectivity index (χ1v) is 10.1. The summed E-state index contributed by atoms with van der Waals surface area (Å²) in [6.07, 6.45) is 5.62. The van der Waals surface area contributed by atoms with Crippen LogP contribution in [0.5, 0.6) is 5.75 Å². The quantitative estimate of drug-likeness (QED) is 0.379. The Balaban J connectivity index is 1.27. The number of benzene rings is 2. The minimum Gasteiger partial charge on any atom is -0.494 e. The smallest absolute Gasteiger partial charge is 0.187 e. The van der Waals surface area contributed by atoms with Gasteiger partial charge in [-0.1, -0.05) is 30.3 Å². The van der Waals surface area contributed by atoms with Gasteiger partial charge in [-0.15, -0.1) is 11.3 Å². The second-order valence-corrected chi connectivity index (χ2v) is 7.22. The van der Waals surface area contributed by atoms with E-state index >= 15 is 0 Å². The van der Waals surface area contributed by atoms with Gasteiger partial charge < -0.3 is 10.1 Å². The van der Waals surface area contributed by atoms with Crippen LogP contribution in [0.15, 0.2) is 84.5 Å². The third-order valence-corrected chi connectivity index (χ3v) is 5.05. The molecule has 5 heteroatoms. The maximum atomic E-state index is 5.85. The van der Waals surface area contributed by atoms with Crippen molar-refractivity contribution in [1.82, 2.24) is 9.97 Å². The Hall–Kier alpha value is -3.18. The molecule has 4 rings (SSSR count). The Bertz CT molecular complexity index is 985. The van der Waals surface area contributed by atoms with Gasteiger partial charge in [-0.25, -0.2) is 4.98 Å². The molecule has 0 saturated heterocycles. The van der Waals surface area contributed by atoms with Crippen molar-refractivity contribution in [3.8, 4) is 17.0 Å². The van der Waals surface area contributed by atoms with Gasteiger partial charge in [-0.3, -0.25) is 4.98 Å². The van der Waals surface area contributed by atoms with Crippen molar-refractivity contribution < 1.29 is 4.74 Å². The SMILES string of the molecule is c1ccc(CCCOc2ccc(Nc3nc(-c4cccnc4)cs3)cc2)cc1. The van der Waals surface area contributed by atoms with E-state index in [0.717, 1.165) is 40.7 Å². The molecule has 4 aromatic rings. The third kappa shape index (κ3) is 4.96. The first-order chi connectivity index (χ1) is 13.9. The molecule has 0 aliphatic heterocycles. The van der Waals surface area contributed by atoms with Crippen LogP contribution in [-0.2, 0) is 6.42 Å². The number of rotatable bonds is 8. The summed E-state index contributed by atoms with van der Waals surface area (Å²) in [5.41, 5.74) is 4.29. The molecule has 0 spiro atoms. The predicted octanol–water partition coefficient (Wildman–Crippen LogP) is 5.96. The summed E-state index contributed by atoms with van der Waals surface area (Å²) in [4.78, 5) is 8.77. The van der Waals surface area contributed by atoms with E-state index in [0.29, 0.717) is 6.61 Å². The van der Waals surface area contributed by atoms with Crippen LogP contribution in [0.3, 0.4) is 0 Å². The van der Waals surface area contributed by atoms with Gasteiger partial charge >= 0.3 is 0 Å². The number of thiazole rings is 1. The molecule has 0 aliphatic rings. The average molecular weight is 388 g/mol. The van der Waals surface area contributed by atoms with Crippen molar-refractivity contribution in [2.24, 2.45) is 0 Å². The highest BCUT2D eigenvalue weighted by Crippen LogP contribution is 2.27. The Morgan fingerprint density at radius 1 is 0.929 bits per heavy atom. The van der Waals surface area contributed by atoms with Crippen LogP contribution in [0.2, 0.25) is 0 Å². The number of hydrogen-bond acceptors (Lipinski definition) is 5. The molecule has 1 N–H and O–H groups in total. The average Bonchev–Trinajstić information content (AvgIpc) is 3.22. The first-order valence-electron chi connectivity index (χ1n) is 9.26. The fourth-order valence-electron chi connectivity index (χ4n) is 2.85. The molecule has 0 aliphatic carbocycles. The lowest BCUT2D eigenvalue weighted by Gasteiger charge is -2.08. The van der Waals surface area contributed by atoms with E-state index in [1.165, 1.54) is 5.56 Å². The minimum absolute atomic E-state index is 0.711. The van der Waals surface area contributed by atoms with E-state index in [4.69, 9.17) is 4.74 Å². The summed E-state index contributed by atoms with van der Waals surface area (Å²) >= 11 is 1.58. The first kappa shape index (κ1) is 18.2. The molecule has 0 bridgehead atoms. The molecule has 0 unspecified atom stereocenters. The lowest BCUT2D eigenvalue weighted by molar-refractivity contribution is 0.311. The topological polar surface area (TPSA) is 47.0 Å². The lowest BCUT2D eigenvalue weighted by atomic mass is 10.1. The van der Waals surface area contributed by atoms with E-state index in [-0.39, 0.29) is 0 Å². The summed E-state index contributed by atoms with van der Waals surface area (Å²) in [6.45, 7) is 0.711. The van der Waals surface area contributed by atoms with Crippen LogP contribution in [0, 0.1) is 0 Å². The highest BCUT2D eigenvalue weighted by Gasteiger charge is 2.05. The fraction of sp³-hybridized carbons (Fsp3) is 0.130. The number of ether oxygens (including phenoxy) is 1. The van der Waals surface area contributed by atoms with E-state index in [2.05, 4.69) is 39.6 Å². The van der Waals surface area contributed by atoms with Crippen molar-refractivity contribution in [3.63, 3.8) is 0 Å². The number of aromatic nitrogens is 2. The van der Waals surface area contributed by atoms with Crippen LogP contribution >= 0.6 is 11.3 Å². The van der Waals surface area contributed by atoms with Gasteiger partial charge in [0.15, 0.2) is 5.13 Å². The third-order valence-electron chi connectivity index (χ3n) is 4.29. The molecule has 0 saturated carbocycles. The molecular weight excluding hydrogens is 366 g/mol. The molecule has 0 amide bonds. The van der Waals surface area contributed by atoms with Crippen molar-refractivity contribution in [3.05, 3.63) is 90.1 Å². The van der Waals surface area contributed by atoms with Crippen LogP contribution in [-0.4, -0.2) is 16.6 Å². The van der Waals surface area contributed by atoms with Crippen LogP contribution in [0.25, 0.3) is 11.3 Å². The highest BCUT2D eigenvalue weighted by atomic mass is 32.1. The summed E-state index contributed by atoms with van der Waals surface area (Å²) in [5.74, 6) is 0.883. The Kier molecular flexibility index (Phi) is 5.95. The van der Waals surface area contributed by atoms with Gasteiger partial charge in [0.05, 0.1) is 12.3 Å². The number of nitrogens with zero attached hydrogens (tertiary/aromatic N) is 2. The molecule has 0 radical (unpaired) electrons. The molecule has 2 aromatic carbocycles. The zero-order chi connectivity index (χ0) is 19.0. The van der Waals surface area contributed by atoms with Crippen LogP contribution in [0.4, 0.5) is 10.8 Å². The normalized spacial score (nSPS) is 10.6. The van der Waals surface area contributed by atoms with E-state index in [9.17, 15) is 0 Å². The van der Waals surface area contributed by atoms with E-state index in [1.54, 1.807) is 17.5 Å². The Morgan fingerprint density at radius 3 is 2.57 bits per heavy atom. The van der Waals surface area contributed by atoms with E-state index < -0.39 is 0 Å². The Labute approximate surface area is 168 Å². The highest BCUT2D eigenvalue weighted by molar-refractivity contribution is 7.14. The molecule has 4 nitrogen and oxygen atoms in total. The van der Waals surface area contributed by atoms with Crippen molar-refractivity contribution in [2.45, 2.75) is 12.8 Å². The van der Waals surface area contributed by atoms with Gasteiger partial charge in [0.1, 0.15) is 5.75 Å². The number of anilines is 2. The number of nitrogens with one attached hydrogen (secondary N) is 1. The molecule has 0 fully saturated rings. The summed E-state index contributed by atoms with van der Waals surface area (Å²) in [6, 6.07) is 22.4. The summed E-state index contributed by atoms with van der Waals surface area (Å²) in [5, 5.41) is 6.23. The number of pyridine rings is 1. The van der Waals surface area contributed by atoms with Gasteiger partial charge in [-0.2, -0.15) is 0 Å². The zero-order valence-electron chi connectivity index (χ0n) is 15.4. The van der Waals surface area contributed by atoms with Crippen LogP contribution in [0.1, 0.15) is 12.0 Å².